The number of likely N-dealkylation sites (tertiary alicyclic amines) is 1. The lowest BCUT2D eigenvalue weighted by Crippen LogP contribution is -3.00. The van der Waals surface area contributed by atoms with Crippen LogP contribution >= 0.6 is 0 Å². The van der Waals surface area contributed by atoms with Gasteiger partial charge in [-0.25, -0.2) is 0 Å². The molecule has 0 spiro atoms. The zero-order valence-electron chi connectivity index (χ0n) is 14.1. The number of fused-ring (bicyclic) bond motifs is 1. The summed E-state index contributed by atoms with van der Waals surface area (Å²) in [6.07, 6.45) is 9.97. The highest BCUT2D eigenvalue weighted by atomic mass is 127. The number of nitrogens with zero attached hydrogens (tertiary/aromatic N) is 1. The second-order valence-electron chi connectivity index (χ2n) is 8.05. The normalized spacial score (nSPS) is 38.0. The molecule has 2 nitrogen and oxygen atoms in total. The third-order valence-electron chi connectivity index (χ3n) is 7.04. The molecule has 23 heavy (non-hydrogen) atoms. The molecule has 1 aromatic carbocycles. The van der Waals surface area contributed by atoms with Crippen LogP contribution in [0.15, 0.2) is 30.9 Å². The van der Waals surface area contributed by atoms with Crippen molar-refractivity contribution in [3.05, 3.63) is 42.0 Å². The molecule has 3 aliphatic rings. The number of hydrogen-bond acceptors (Lipinski definition) is 1. The fourth-order valence-electron chi connectivity index (χ4n) is 5.98. The summed E-state index contributed by atoms with van der Waals surface area (Å²) < 4.78 is 1.16. The molecular weight excluding hydrogens is 397 g/mol. The van der Waals surface area contributed by atoms with Crippen LogP contribution < -0.4 is 24.0 Å². The molecule has 4 rings (SSSR count). The fourth-order valence-corrected chi connectivity index (χ4v) is 5.98. The van der Waals surface area contributed by atoms with Gasteiger partial charge in [-0.15, -0.1) is 0 Å². The van der Waals surface area contributed by atoms with Gasteiger partial charge in [0, 0.05) is 24.2 Å². The van der Waals surface area contributed by atoms with E-state index in [1.807, 2.05) is 6.07 Å². The summed E-state index contributed by atoms with van der Waals surface area (Å²) in [5.74, 6) is 1.24. The lowest BCUT2D eigenvalue weighted by atomic mass is 9.52. The van der Waals surface area contributed by atoms with E-state index in [2.05, 4.69) is 31.8 Å². The van der Waals surface area contributed by atoms with E-state index in [4.69, 9.17) is 0 Å². The number of hydrogen-bond donors (Lipinski definition) is 1. The van der Waals surface area contributed by atoms with Gasteiger partial charge < -0.3 is 33.6 Å². The number of rotatable bonds is 2. The van der Waals surface area contributed by atoms with Crippen LogP contribution in [0.2, 0.25) is 0 Å². The van der Waals surface area contributed by atoms with Crippen LogP contribution in [0.4, 0.5) is 0 Å². The quantitative estimate of drug-likeness (QED) is 0.422. The maximum Gasteiger partial charge on any atom is 0.115 e. The van der Waals surface area contributed by atoms with E-state index >= 15 is 0 Å². The molecule has 0 radical (unpaired) electrons. The number of likely N-dealkylation sites (N-methyl/N-ethyl adjacent to an activating group) is 1. The van der Waals surface area contributed by atoms with E-state index in [-0.39, 0.29) is 24.0 Å². The molecule has 2 fully saturated rings. The van der Waals surface area contributed by atoms with Crippen molar-refractivity contribution in [2.45, 2.75) is 50.0 Å². The number of quaternary nitrogens is 1. The van der Waals surface area contributed by atoms with Crippen LogP contribution in [0.1, 0.15) is 43.2 Å². The predicted molar refractivity (Wildman–Crippen MR) is 90.0 cm³/mol. The van der Waals surface area contributed by atoms with E-state index in [1.165, 1.54) is 56.2 Å². The average molecular weight is 425 g/mol. The van der Waals surface area contributed by atoms with Crippen LogP contribution in [-0.4, -0.2) is 35.8 Å². The molecule has 2 aliphatic carbocycles. The Balaban J connectivity index is 0.00000156. The van der Waals surface area contributed by atoms with E-state index in [0.29, 0.717) is 11.2 Å². The van der Waals surface area contributed by atoms with Gasteiger partial charge in [0.1, 0.15) is 5.75 Å². The SMILES string of the molecule is C=CC[N+]1(C)CCC23CCCC[C@H]2[C@H]1Cc1ccc(O)cc13.[I-]. The van der Waals surface area contributed by atoms with Crippen molar-refractivity contribution in [2.75, 3.05) is 20.1 Å². The molecule has 126 valence electrons. The Hall–Kier alpha value is -0.550. The third kappa shape index (κ3) is 2.46. The highest BCUT2D eigenvalue weighted by molar-refractivity contribution is 5.44. The molecule has 1 aromatic rings. The Bertz CT molecular complexity index is 616. The molecule has 0 amide bonds. The Morgan fingerprint density at radius 2 is 2.17 bits per heavy atom. The molecule has 2 unspecified atom stereocenters. The molecule has 1 N–H and O–H groups in total. The van der Waals surface area contributed by atoms with Gasteiger partial charge in [-0.05, 0) is 42.2 Å². The summed E-state index contributed by atoms with van der Waals surface area (Å²) in [5, 5.41) is 10.0. The number of piperidine rings is 1. The number of halogens is 1. The minimum Gasteiger partial charge on any atom is -1.00 e. The second kappa shape index (κ2) is 6.07. The minimum atomic E-state index is 0. The Morgan fingerprint density at radius 3 is 2.96 bits per heavy atom. The summed E-state index contributed by atoms with van der Waals surface area (Å²) >= 11 is 0. The van der Waals surface area contributed by atoms with Gasteiger partial charge in [0.05, 0.1) is 26.2 Å². The van der Waals surface area contributed by atoms with Gasteiger partial charge in [0.2, 0.25) is 0 Å². The first-order valence-electron chi connectivity index (χ1n) is 8.87. The Labute approximate surface area is 157 Å². The van der Waals surface area contributed by atoms with Crippen molar-refractivity contribution in [3.8, 4) is 5.75 Å². The number of phenolic OH excluding ortho intramolecular Hbond substituents is 1. The molecule has 0 aromatic heterocycles. The highest BCUT2D eigenvalue weighted by Crippen LogP contribution is 2.57. The second-order valence-corrected chi connectivity index (χ2v) is 8.05. The topological polar surface area (TPSA) is 20.2 Å². The summed E-state index contributed by atoms with van der Waals surface area (Å²) in [4.78, 5) is 0. The fraction of sp³-hybridized carbons (Fsp3) is 0.600. The first kappa shape index (κ1) is 17.3. The van der Waals surface area contributed by atoms with Gasteiger partial charge in [-0.2, -0.15) is 0 Å². The van der Waals surface area contributed by atoms with Gasteiger partial charge in [-0.1, -0.05) is 25.5 Å². The van der Waals surface area contributed by atoms with E-state index < -0.39 is 0 Å². The highest BCUT2D eigenvalue weighted by Gasteiger charge is 2.58. The maximum absolute atomic E-state index is 10.0. The summed E-state index contributed by atoms with van der Waals surface area (Å²) in [6.45, 7) is 6.36. The van der Waals surface area contributed by atoms with Crippen molar-refractivity contribution in [2.24, 2.45) is 5.92 Å². The van der Waals surface area contributed by atoms with E-state index in [0.717, 1.165) is 23.0 Å². The minimum absolute atomic E-state index is 0. The molecule has 1 saturated carbocycles. The average Bonchev–Trinajstić information content (AvgIpc) is 2.52. The van der Waals surface area contributed by atoms with Crippen molar-refractivity contribution in [1.29, 1.82) is 0 Å². The molecule has 3 heteroatoms. The van der Waals surface area contributed by atoms with Gasteiger partial charge in [0.25, 0.3) is 0 Å². The monoisotopic (exact) mass is 425 g/mol. The first-order valence-corrected chi connectivity index (χ1v) is 8.87. The molecule has 1 saturated heterocycles. The number of benzene rings is 1. The molecular formula is C20H28INO. The largest absolute Gasteiger partial charge is 1.00 e. The summed E-state index contributed by atoms with van der Waals surface area (Å²) in [6, 6.07) is 6.89. The predicted octanol–water partition coefficient (Wildman–Crippen LogP) is 0.785. The lowest BCUT2D eigenvalue weighted by Gasteiger charge is -2.61. The van der Waals surface area contributed by atoms with Crippen LogP contribution in [-0.2, 0) is 11.8 Å². The molecule has 2 bridgehead atoms. The maximum atomic E-state index is 10.0. The van der Waals surface area contributed by atoms with E-state index in [1.54, 1.807) is 0 Å². The Morgan fingerprint density at radius 1 is 1.35 bits per heavy atom. The summed E-state index contributed by atoms with van der Waals surface area (Å²) in [5.41, 5.74) is 3.32. The van der Waals surface area contributed by atoms with Crippen LogP contribution in [0, 0.1) is 5.92 Å². The smallest absolute Gasteiger partial charge is 0.115 e. The van der Waals surface area contributed by atoms with Crippen LogP contribution in [0.3, 0.4) is 0 Å². The molecule has 4 atom stereocenters. The molecule has 1 heterocycles. The number of aromatic hydroxyl groups is 1. The van der Waals surface area contributed by atoms with Crippen molar-refractivity contribution < 1.29 is 33.6 Å². The third-order valence-corrected chi connectivity index (χ3v) is 7.04. The zero-order chi connectivity index (χ0) is 15.4. The van der Waals surface area contributed by atoms with Gasteiger partial charge in [0.15, 0.2) is 0 Å². The van der Waals surface area contributed by atoms with Crippen LogP contribution in [0.5, 0.6) is 5.75 Å². The lowest BCUT2D eigenvalue weighted by molar-refractivity contribution is -0.940. The Kier molecular flexibility index (Phi) is 4.56. The van der Waals surface area contributed by atoms with Crippen molar-refractivity contribution in [3.63, 3.8) is 0 Å². The summed E-state index contributed by atoms with van der Waals surface area (Å²) in [7, 11) is 2.44. The van der Waals surface area contributed by atoms with Crippen LogP contribution in [0.25, 0.3) is 0 Å². The van der Waals surface area contributed by atoms with Gasteiger partial charge in [-0.3, -0.25) is 0 Å². The van der Waals surface area contributed by atoms with E-state index in [9.17, 15) is 5.11 Å². The van der Waals surface area contributed by atoms with Crippen molar-refractivity contribution in [1.82, 2.24) is 0 Å². The standard InChI is InChI=1S/C20H27NO.HI/c1-3-11-21(2)12-10-20-9-5-4-6-17(20)19(21)13-15-7-8-16(22)14-18(15)20;/h3,7-8,14,17,19H,1,4-6,9-13H2,2H3;1H/t17-,19+,20?,21?;/m0./s1. The zero-order valence-corrected chi connectivity index (χ0v) is 16.3. The first-order chi connectivity index (χ1) is 10.6. The number of phenols is 1. The molecule has 1 aliphatic heterocycles. The van der Waals surface area contributed by atoms with Crippen molar-refractivity contribution >= 4 is 0 Å². The van der Waals surface area contributed by atoms with Gasteiger partial charge >= 0.3 is 0 Å².